The van der Waals surface area contributed by atoms with Crippen LogP contribution in [0.15, 0.2) is 24.7 Å². The van der Waals surface area contributed by atoms with E-state index >= 15 is 0 Å². The zero-order valence-electron chi connectivity index (χ0n) is 19.0. The van der Waals surface area contributed by atoms with Gasteiger partial charge in [0.25, 0.3) is 0 Å². The van der Waals surface area contributed by atoms with Crippen molar-refractivity contribution in [3.8, 4) is 11.1 Å². The van der Waals surface area contributed by atoms with Crippen molar-refractivity contribution in [2.24, 2.45) is 0 Å². The molecule has 0 amide bonds. The lowest BCUT2D eigenvalue weighted by molar-refractivity contribution is -0.0286. The van der Waals surface area contributed by atoms with Crippen molar-refractivity contribution < 1.29 is 14.6 Å². The van der Waals surface area contributed by atoms with Crippen LogP contribution < -0.4 is 5.32 Å². The summed E-state index contributed by atoms with van der Waals surface area (Å²) in [5, 5.41) is 23.2. The molecule has 1 aliphatic heterocycles. The van der Waals surface area contributed by atoms with Gasteiger partial charge >= 0.3 is 0 Å². The minimum Gasteiger partial charge on any atom is -0.390 e. The average Bonchev–Trinajstić information content (AvgIpc) is 3.32. The smallest absolute Gasteiger partial charge is 0.241 e. The molecule has 1 aliphatic carbocycles. The van der Waals surface area contributed by atoms with Crippen LogP contribution in [0.4, 0.5) is 5.95 Å². The molecular weight excluding hydrogens is 408 g/mol. The van der Waals surface area contributed by atoms with Gasteiger partial charge in [-0.2, -0.15) is 5.10 Å². The Kier molecular flexibility index (Phi) is 5.65. The van der Waals surface area contributed by atoms with Crippen LogP contribution in [0.3, 0.4) is 0 Å². The van der Waals surface area contributed by atoms with Crippen LogP contribution in [0, 0.1) is 0 Å². The summed E-state index contributed by atoms with van der Waals surface area (Å²) in [4.78, 5) is 4.58. The number of methoxy groups -OCH3 is 1. The standard InChI is InChI=1S/C23H32N6O3/c1-15(12-31-3)26-22-24-10-21-19(17-9-25-28(11-17)18-13-32-14-18)8-20(29(21)27-22)16-4-6-23(2,30)7-5-16/h8-11,15-16,18,30H,4-7,12-14H2,1-3H3,(H,26,27). The first-order valence-electron chi connectivity index (χ1n) is 11.4. The van der Waals surface area contributed by atoms with Crippen molar-refractivity contribution in [2.75, 3.05) is 32.2 Å². The van der Waals surface area contributed by atoms with E-state index < -0.39 is 5.60 Å². The van der Waals surface area contributed by atoms with Gasteiger partial charge < -0.3 is 19.9 Å². The van der Waals surface area contributed by atoms with Crippen LogP contribution >= 0.6 is 0 Å². The Hall–Kier alpha value is -2.49. The molecule has 1 saturated carbocycles. The van der Waals surface area contributed by atoms with E-state index in [1.807, 2.05) is 35.4 Å². The van der Waals surface area contributed by atoms with Gasteiger partial charge in [-0.3, -0.25) is 4.68 Å². The van der Waals surface area contributed by atoms with Gasteiger partial charge in [0.15, 0.2) is 0 Å². The Morgan fingerprint density at radius 1 is 1.31 bits per heavy atom. The highest BCUT2D eigenvalue weighted by atomic mass is 16.5. The number of aliphatic hydroxyl groups is 1. The predicted molar refractivity (Wildman–Crippen MR) is 121 cm³/mol. The summed E-state index contributed by atoms with van der Waals surface area (Å²) in [5.41, 5.74) is 3.69. The summed E-state index contributed by atoms with van der Waals surface area (Å²) < 4.78 is 14.6. The summed E-state index contributed by atoms with van der Waals surface area (Å²) in [6.45, 7) is 5.98. The van der Waals surface area contributed by atoms with Crippen LogP contribution in [-0.2, 0) is 9.47 Å². The van der Waals surface area contributed by atoms with Crippen LogP contribution in [0.5, 0.6) is 0 Å². The van der Waals surface area contributed by atoms with E-state index in [1.165, 1.54) is 0 Å². The number of nitrogens with zero attached hydrogens (tertiary/aromatic N) is 5. The first-order chi connectivity index (χ1) is 15.4. The summed E-state index contributed by atoms with van der Waals surface area (Å²) in [6, 6.07) is 2.64. The maximum Gasteiger partial charge on any atom is 0.241 e. The molecule has 9 heteroatoms. The minimum atomic E-state index is -0.574. The summed E-state index contributed by atoms with van der Waals surface area (Å²) in [7, 11) is 1.69. The number of anilines is 1. The Bertz CT molecular complexity index is 1080. The molecule has 1 unspecified atom stereocenters. The molecule has 32 heavy (non-hydrogen) atoms. The molecule has 2 fully saturated rings. The molecule has 3 aromatic rings. The number of nitrogens with one attached hydrogen (secondary N) is 1. The third-order valence-electron chi connectivity index (χ3n) is 6.73. The molecule has 3 aromatic heterocycles. The molecular formula is C23H32N6O3. The van der Waals surface area contributed by atoms with Gasteiger partial charge in [-0.1, -0.05) is 0 Å². The number of rotatable bonds is 7. The Morgan fingerprint density at radius 3 is 2.78 bits per heavy atom. The van der Waals surface area contributed by atoms with Gasteiger partial charge in [0.1, 0.15) is 0 Å². The molecule has 9 nitrogen and oxygen atoms in total. The van der Waals surface area contributed by atoms with Crippen LogP contribution in [-0.4, -0.2) is 68.1 Å². The van der Waals surface area contributed by atoms with Crippen molar-refractivity contribution >= 4 is 11.5 Å². The molecule has 172 valence electrons. The lowest BCUT2D eigenvalue weighted by Crippen LogP contribution is -2.30. The second-order valence-electron chi connectivity index (χ2n) is 9.53. The maximum absolute atomic E-state index is 10.4. The molecule has 0 radical (unpaired) electrons. The number of ether oxygens (including phenoxy) is 2. The van der Waals surface area contributed by atoms with Crippen molar-refractivity contribution in [2.45, 2.75) is 63.1 Å². The highest BCUT2D eigenvalue weighted by Crippen LogP contribution is 2.40. The maximum atomic E-state index is 10.4. The second-order valence-corrected chi connectivity index (χ2v) is 9.53. The van der Waals surface area contributed by atoms with Crippen molar-refractivity contribution in [3.05, 3.63) is 30.4 Å². The second kappa shape index (κ2) is 8.46. The third-order valence-corrected chi connectivity index (χ3v) is 6.73. The first kappa shape index (κ1) is 21.4. The van der Waals surface area contributed by atoms with Crippen molar-refractivity contribution in [1.29, 1.82) is 0 Å². The zero-order valence-corrected chi connectivity index (χ0v) is 19.0. The van der Waals surface area contributed by atoms with Crippen LogP contribution in [0.2, 0.25) is 0 Å². The first-order valence-corrected chi connectivity index (χ1v) is 11.4. The number of hydrogen-bond acceptors (Lipinski definition) is 7. The predicted octanol–water partition coefficient (Wildman–Crippen LogP) is 3.02. The fraction of sp³-hybridized carbons (Fsp3) is 0.609. The largest absolute Gasteiger partial charge is 0.390 e. The quantitative estimate of drug-likeness (QED) is 0.583. The van der Waals surface area contributed by atoms with E-state index in [0.717, 1.165) is 48.0 Å². The lowest BCUT2D eigenvalue weighted by Gasteiger charge is -2.32. The monoisotopic (exact) mass is 440 g/mol. The SMILES string of the molecule is COCC(C)Nc1ncc2c(-c3cnn(C4COC4)c3)cc(C3CCC(C)(O)CC3)n2n1. The summed E-state index contributed by atoms with van der Waals surface area (Å²) >= 11 is 0. The van der Waals surface area contributed by atoms with Gasteiger partial charge in [0.05, 0.1) is 49.4 Å². The Balaban J connectivity index is 1.52. The van der Waals surface area contributed by atoms with Gasteiger partial charge in [-0.25, -0.2) is 9.50 Å². The Morgan fingerprint density at radius 2 is 2.09 bits per heavy atom. The number of hydrogen-bond donors (Lipinski definition) is 2. The van der Waals surface area contributed by atoms with E-state index in [4.69, 9.17) is 14.6 Å². The van der Waals surface area contributed by atoms with Crippen LogP contribution in [0.1, 0.15) is 57.2 Å². The molecule has 1 saturated heterocycles. The Labute approximate surface area is 187 Å². The lowest BCUT2D eigenvalue weighted by atomic mass is 9.78. The molecule has 5 rings (SSSR count). The van der Waals surface area contributed by atoms with Gasteiger partial charge in [-0.15, -0.1) is 5.10 Å². The van der Waals surface area contributed by atoms with Gasteiger partial charge in [0.2, 0.25) is 5.95 Å². The normalized spacial score (nSPS) is 25.1. The van der Waals surface area contributed by atoms with E-state index in [-0.39, 0.29) is 6.04 Å². The fourth-order valence-electron chi connectivity index (χ4n) is 4.70. The fourth-order valence-corrected chi connectivity index (χ4v) is 4.70. The molecule has 0 aromatic carbocycles. The highest BCUT2D eigenvalue weighted by Gasteiger charge is 2.32. The molecule has 0 spiro atoms. The number of fused-ring (bicyclic) bond motifs is 1. The van der Waals surface area contributed by atoms with Gasteiger partial charge in [-0.05, 0) is 45.6 Å². The molecule has 4 heterocycles. The zero-order chi connectivity index (χ0) is 22.3. The number of aromatic nitrogens is 5. The van der Waals surface area contributed by atoms with Crippen LogP contribution in [0.25, 0.3) is 16.6 Å². The molecule has 2 aliphatic rings. The van der Waals surface area contributed by atoms with E-state index in [0.29, 0.717) is 37.7 Å². The topological polar surface area (TPSA) is 98.7 Å². The van der Waals surface area contributed by atoms with Crippen molar-refractivity contribution in [3.63, 3.8) is 0 Å². The summed E-state index contributed by atoms with van der Waals surface area (Å²) in [5.74, 6) is 0.918. The molecule has 2 N–H and O–H groups in total. The van der Waals surface area contributed by atoms with E-state index in [2.05, 4.69) is 27.7 Å². The average molecular weight is 441 g/mol. The van der Waals surface area contributed by atoms with E-state index in [9.17, 15) is 5.11 Å². The van der Waals surface area contributed by atoms with E-state index in [1.54, 1.807) is 7.11 Å². The minimum absolute atomic E-state index is 0.101. The highest BCUT2D eigenvalue weighted by molar-refractivity contribution is 5.81. The molecule has 0 bridgehead atoms. The van der Waals surface area contributed by atoms with Gasteiger partial charge in [0, 0.05) is 42.1 Å². The summed E-state index contributed by atoms with van der Waals surface area (Å²) in [6.07, 6.45) is 9.34. The third kappa shape index (κ3) is 4.12. The molecule has 1 atom stereocenters. The van der Waals surface area contributed by atoms with Crippen molar-refractivity contribution in [1.82, 2.24) is 24.4 Å².